The Bertz CT molecular complexity index is 538. The van der Waals surface area contributed by atoms with Crippen molar-refractivity contribution in [1.29, 1.82) is 0 Å². The SMILES string of the molecule is Brc1ccnc(OCc2ccc(C3CC3)cc2)n1. The fraction of sp³-hybridized carbons (Fsp3) is 0.286. The topological polar surface area (TPSA) is 35.0 Å². The fourth-order valence-corrected chi connectivity index (χ4v) is 2.11. The van der Waals surface area contributed by atoms with Crippen LogP contribution >= 0.6 is 15.9 Å². The van der Waals surface area contributed by atoms with E-state index >= 15 is 0 Å². The second-order valence-electron chi connectivity index (χ2n) is 4.47. The van der Waals surface area contributed by atoms with Crippen molar-refractivity contribution in [3.63, 3.8) is 0 Å². The molecule has 0 bridgehead atoms. The Morgan fingerprint density at radius 3 is 2.61 bits per heavy atom. The largest absolute Gasteiger partial charge is 0.459 e. The molecule has 1 aromatic heterocycles. The van der Waals surface area contributed by atoms with Gasteiger partial charge in [-0.05, 0) is 51.9 Å². The van der Waals surface area contributed by atoms with E-state index in [1.165, 1.54) is 18.4 Å². The van der Waals surface area contributed by atoms with Gasteiger partial charge in [0.05, 0.1) is 0 Å². The summed E-state index contributed by atoms with van der Waals surface area (Å²) in [5.41, 5.74) is 2.58. The van der Waals surface area contributed by atoms with Crippen LogP contribution in [0.25, 0.3) is 0 Å². The van der Waals surface area contributed by atoms with Crippen molar-refractivity contribution in [3.05, 3.63) is 52.3 Å². The predicted molar refractivity (Wildman–Crippen MR) is 72.5 cm³/mol. The zero-order valence-corrected chi connectivity index (χ0v) is 11.4. The Morgan fingerprint density at radius 1 is 1.17 bits per heavy atom. The van der Waals surface area contributed by atoms with Crippen LogP contribution < -0.4 is 4.74 Å². The lowest BCUT2D eigenvalue weighted by Crippen LogP contribution is -1.99. The van der Waals surface area contributed by atoms with Crippen LogP contribution in [0.4, 0.5) is 0 Å². The summed E-state index contributed by atoms with van der Waals surface area (Å²) < 4.78 is 6.27. The Morgan fingerprint density at radius 2 is 1.94 bits per heavy atom. The molecule has 92 valence electrons. The summed E-state index contributed by atoms with van der Waals surface area (Å²) in [6.45, 7) is 0.501. The molecule has 0 radical (unpaired) electrons. The van der Waals surface area contributed by atoms with Gasteiger partial charge in [-0.2, -0.15) is 4.98 Å². The van der Waals surface area contributed by atoms with Crippen molar-refractivity contribution in [2.45, 2.75) is 25.4 Å². The average Bonchev–Trinajstić information content (AvgIpc) is 3.21. The maximum absolute atomic E-state index is 5.54. The third-order valence-electron chi connectivity index (χ3n) is 3.00. The number of rotatable bonds is 4. The lowest BCUT2D eigenvalue weighted by atomic mass is 10.1. The molecule has 0 spiro atoms. The van der Waals surface area contributed by atoms with Gasteiger partial charge < -0.3 is 4.74 Å². The summed E-state index contributed by atoms with van der Waals surface area (Å²) in [6, 6.07) is 10.8. The van der Waals surface area contributed by atoms with Gasteiger partial charge in [0, 0.05) is 6.20 Å². The van der Waals surface area contributed by atoms with E-state index in [1.54, 1.807) is 12.3 Å². The molecule has 1 aliphatic carbocycles. The van der Waals surface area contributed by atoms with Crippen LogP contribution in [0.3, 0.4) is 0 Å². The second kappa shape index (κ2) is 5.06. The third-order valence-corrected chi connectivity index (χ3v) is 3.44. The van der Waals surface area contributed by atoms with Crippen molar-refractivity contribution in [2.75, 3.05) is 0 Å². The lowest BCUT2D eigenvalue weighted by molar-refractivity contribution is 0.280. The highest BCUT2D eigenvalue weighted by atomic mass is 79.9. The number of ether oxygens (including phenoxy) is 1. The first-order chi connectivity index (χ1) is 8.81. The standard InChI is InChI=1S/C14H13BrN2O/c15-13-7-8-16-14(17-13)18-9-10-1-3-11(4-2-10)12-5-6-12/h1-4,7-8,12H,5-6,9H2. The molecule has 0 atom stereocenters. The minimum absolute atomic E-state index is 0.399. The van der Waals surface area contributed by atoms with Gasteiger partial charge in [0.2, 0.25) is 0 Å². The lowest BCUT2D eigenvalue weighted by Gasteiger charge is -2.05. The fourth-order valence-electron chi connectivity index (χ4n) is 1.84. The van der Waals surface area contributed by atoms with Gasteiger partial charge in [-0.25, -0.2) is 4.98 Å². The molecule has 1 aliphatic rings. The van der Waals surface area contributed by atoms with Crippen LogP contribution in [-0.4, -0.2) is 9.97 Å². The van der Waals surface area contributed by atoms with Crippen LogP contribution in [0.5, 0.6) is 6.01 Å². The van der Waals surface area contributed by atoms with E-state index in [4.69, 9.17) is 4.74 Å². The van der Waals surface area contributed by atoms with Crippen molar-refractivity contribution in [3.8, 4) is 6.01 Å². The molecular formula is C14H13BrN2O. The Balaban J connectivity index is 1.62. The molecule has 4 heteroatoms. The first kappa shape index (κ1) is 11.7. The van der Waals surface area contributed by atoms with Crippen LogP contribution in [0.2, 0.25) is 0 Å². The van der Waals surface area contributed by atoms with E-state index in [1.807, 2.05) is 0 Å². The van der Waals surface area contributed by atoms with E-state index in [0.717, 1.165) is 16.1 Å². The van der Waals surface area contributed by atoms with Crippen LogP contribution in [0.15, 0.2) is 41.1 Å². The second-order valence-corrected chi connectivity index (χ2v) is 5.28. The average molecular weight is 305 g/mol. The third kappa shape index (κ3) is 2.88. The summed E-state index contributed by atoms with van der Waals surface area (Å²) in [4.78, 5) is 8.17. The van der Waals surface area contributed by atoms with Gasteiger partial charge in [0.25, 0.3) is 0 Å². The number of halogens is 1. The number of aromatic nitrogens is 2. The van der Waals surface area contributed by atoms with Crippen LogP contribution in [-0.2, 0) is 6.61 Å². The van der Waals surface area contributed by atoms with Crippen molar-refractivity contribution in [2.24, 2.45) is 0 Å². The summed E-state index contributed by atoms with van der Waals surface area (Å²) >= 11 is 3.29. The van der Waals surface area contributed by atoms with E-state index in [-0.39, 0.29) is 0 Å². The van der Waals surface area contributed by atoms with Crippen molar-refractivity contribution < 1.29 is 4.74 Å². The van der Waals surface area contributed by atoms with Crippen LogP contribution in [0.1, 0.15) is 29.9 Å². The van der Waals surface area contributed by atoms with E-state index in [0.29, 0.717) is 12.6 Å². The number of hydrogen-bond donors (Lipinski definition) is 0. The molecule has 0 N–H and O–H groups in total. The van der Waals surface area contributed by atoms with Gasteiger partial charge in [0.15, 0.2) is 0 Å². The molecule has 18 heavy (non-hydrogen) atoms. The van der Waals surface area contributed by atoms with Gasteiger partial charge in [0.1, 0.15) is 11.2 Å². The Hall–Kier alpha value is -1.42. The highest BCUT2D eigenvalue weighted by molar-refractivity contribution is 9.10. The quantitative estimate of drug-likeness (QED) is 0.808. The molecule has 0 unspecified atom stereocenters. The minimum Gasteiger partial charge on any atom is -0.459 e. The Kier molecular flexibility index (Phi) is 3.28. The molecule has 0 amide bonds. The molecule has 1 heterocycles. The van der Waals surface area contributed by atoms with Crippen LogP contribution in [0, 0.1) is 0 Å². The minimum atomic E-state index is 0.399. The maximum Gasteiger partial charge on any atom is 0.317 e. The molecule has 2 aromatic rings. The molecule has 0 saturated heterocycles. The van der Waals surface area contributed by atoms with Gasteiger partial charge in [-0.3, -0.25) is 0 Å². The normalized spacial score (nSPS) is 14.5. The number of benzene rings is 1. The van der Waals surface area contributed by atoms with Gasteiger partial charge >= 0.3 is 6.01 Å². The predicted octanol–water partition coefficient (Wildman–Crippen LogP) is 3.70. The van der Waals surface area contributed by atoms with Crippen molar-refractivity contribution in [1.82, 2.24) is 9.97 Å². The first-order valence-corrected chi connectivity index (χ1v) is 6.81. The summed E-state index contributed by atoms with van der Waals surface area (Å²) in [5, 5.41) is 0. The number of nitrogens with zero attached hydrogens (tertiary/aromatic N) is 2. The van der Waals surface area contributed by atoms with Gasteiger partial charge in [-0.15, -0.1) is 0 Å². The van der Waals surface area contributed by atoms with E-state index in [2.05, 4.69) is 50.2 Å². The molecule has 3 rings (SSSR count). The molecule has 1 saturated carbocycles. The molecule has 3 nitrogen and oxygen atoms in total. The molecule has 1 fully saturated rings. The smallest absolute Gasteiger partial charge is 0.317 e. The highest BCUT2D eigenvalue weighted by Crippen LogP contribution is 2.39. The highest BCUT2D eigenvalue weighted by Gasteiger charge is 2.22. The Labute approximate surface area is 114 Å². The van der Waals surface area contributed by atoms with E-state index in [9.17, 15) is 0 Å². The molecular weight excluding hydrogens is 292 g/mol. The first-order valence-electron chi connectivity index (χ1n) is 6.01. The number of hydrogen-bond acceptors (Lipinski definition) is 3. The zero-order chi connectivity index (χ0) is 12.4. The summed E-state index contributed by atoms with van der Waals surface area (Å²) in [5.74, 6) is 0.799. The van der Waals surface area contributed by atoms with E-state index < -0.39 is 0 Å². The van der Waals surface area contributed by atoms with Gasteiger partial charge in [-0.1, -0.05) is 24.3 Å². The summed E-state index contributed by atoms with van der Waals surface area (Å²) in [7, 11) is 0. The molecule has 1 aromatic carbocycles. The zero-order valence-electron chi connectivity index (χ0n) is 9.84. The van der Waals surface area contributed by atoms with Crippen molar-refractivity contribution >= 4 is 15.9 Å². The molecule has 0 aliphatic heterocycles. The monoisotopic (exact) mass is 304 g/mol. The maximum atomic E-state index is 5.54. The summed E-state index contributed by atoms with van der Waals surface area (Å²) in [6.07, 6.45) is 4.34.